The van der Waals surface area contributed by atoms with Crippen molar-refractivity contribution in [2.45, 2.75) is 6.18 Å². The van der Waals surface area contributed by atoms with Crippen LogP contribution in [0, 0.1) is 11.6 Å². The molecule has 6 nitrogen and oxygen atoms in total. The zero-order valence-corrected chi connectivity index (χ0v) is 16.5. The molecule has 0 saturated carbocycles. The maximum Gasteiger partial charge on any atom is 0.417 e. The number of esters is 1. The average Bonchev–Trinajstić information content (AvgIpc) is 2.66. The van der Waals surface area contributed by atoms with E-state index in [0.29, 0.717) is 6.07 Å². The molecule has 0 radical (unpaired) electrons. The molecular formula is C19H14ClF5N2O4. The van der Waals surface area contributed by atoms with Crippen LogP contribution in [-0.2, 0) is 20.5 Å². The molecule has 12 heteroatoms. The fourth-order valence-corrected chi connectivity index (χ4v) is 2.55. The van der Waals surface area contributed by atoms with E-state index in [1.165, 1.54) is 0 Å². The molecule has 0 saturated heterocycles. The van der Waals surface area contributed by atoms with Gasteiger partial charge in [-0.1, -0.05) is 17.7 Å². The Balaban J connectivity index is 1.93. The van der Waals surface area contributed by atoms with Gasteiger partial charge in [0.2, 0.25) is 5.91 Å². The SMILES string of the molecule is CN(CC(=O)Nc1ccc(Cl)c(C(F)(F)F)c1)C(=O)COC(=O)c1c(F)cccc1F. The molecule has 0 aliphatic carbocycles. The molecule has 0 bridgehead atoms. The topological polar surface area (TPSA) is 75.7 Å². The monoisotopic (exact) mass is 464 g/mol. The van der Waals surface area contributed by atoms with Crippen LogP contribution in [-0.4, -0.2) is 42.9 Å². The summed E-state index contributed by atoms with van der Waals surface area (Å²) in [5.41, 5.74) is -2.33. The largest absolute Gasteiger partial charge is 0.452 e. The lowest BCUT2D eigenvalue weighted by Crippen LogP contribution is -2.37. The van der Waals surface area contributed by atoms with Crippen LogP contribution >= 0.6 is 11.6 Å². The molecule has 31 heavy (non-hydrogen) atoms. The van der Waals surface area contributed by atoms with Crippen LogP contribution in [0.5, 0.6) is 0 Å². The van der Waals surface area contributed by atoms with Gasteiger partial charge in [-0.25, -0.2) is 13.6 Å². The molecule has 2 rings (SSSR count). The van der Waals surface area contributed by atoms with Crippen molar-refractivity contribution in [2.24, 2.45) is 0 Å². The Hall–Kier alpha value is -3.21. The van der Waals surface area contributed by atoms with E-state index < -0.39 is 64.9 Å². The minimum atomic E-state index is -4.73. The van der Waals surface area contributed by atoms with Gasteiger partial charge in [0.25, 0.3) is 5.91 Å². The lowest BCUT2D eigenvalue weighted by Gasteiger charge is -2.17. The third kappa shape index (κ3) is 6.38. The third-order valence-electron chi connectivity index (χ3n) is 3.86. The van der Waals surface area contributed by atoms with Gasteiger partial charge in [-0.2, -0.15) is 13.2 Å². The Morgan fingerprint density at radius 1 is 1.10 bits per heavy atom. The first-order chi connectivity index (χ1) is 14.4. The standard InChI is InChI=1S/C19H14ClF5N2O4/c1-27(16(29)9-31-18(30)17-13(21)3-2-4-14(17)22)8-15(28)26-10-5-6-12(20)11(7-10)19(23,24)25/h2-7H,8-9H2,1H3,(H,26,28). The van der Waals surface area contributed by atoms with Crippen LogP contribution in [0.15, 0.2) is 36.4 Å². The number of ether oxygens (including phenoxy) is 1. The Bertz CT molecular complexity index is 993. The van der Waals surface area contributed by atoms with E-state index in [1.54, 1.807) is 0 Å². The van der Waals surface area contributed by atoms with Crippen molar-refractivity contribution in [1.29, 1.82) is 0 Å². The van der Waals surface area contributed by atoms with Gasteiger partial charge >= 0.3 is 12.1 Å². The summed E-state index contributed by atoms with van der Waals surface area (Å²) in [7, 11) is 1.16. The normalized spacial score (nSPS) is 11.1. The average molecular weight is 465 g/mol. The summed E-state index contributed by atoms with van der Waals surface area (Å²) in [5.74, 6) is -5.51. The van der Waals surface area contributed by atoms with Gasteiger partial charge in [0, 0.05) is 12.7 Å². The van der Waals surface area contributed by atoms with Crippen LogP contribution < -0.4 is 5.32 Å². The van der Waals surface area contributed by atoms with Crippen molar-refractivity contribution in [3.8, 4) is 0 Å². The predicted octanol–water partition coefficient (Wildman–Crippen LogP) is 3.89. The van der Waals surface area contributed by atoms with Crippen molar-refractivity contribution in [1.82, 2.24) is 4.90 Å². The highest BCUT2D eigenvalue weighted by Gasteiger charge is 2.33. The third-order valence-corrected chi connectivity index (χ3v) is 4.19. The number of halogens is 6. The summed E-state index contributed by atoms with van der Waals surface area (Å²) in [4.78, 5) is 36.5. The summed E-state index contributed by atoms with van der Waals surface area (Å²) in [6.45, 7) is -1.52. The molecule has 0 aromatic heterocycles. The smallest absolute Gasteiger partial charge is 0.417 e. The zero-order valence-electron chi connectivity index (χ0n) is 15.7. The Kier molecular flexibility index (Phi) is 7.55. The molecule has 2 aromatic rings. The summed E-state index contributed by atoms with van der Waals surface area (Å²) < 4.78 is 70.2. The second kappa shape index (κ2) is 9.73. The van der Waals surface area contributed by atoms with Gasteiger partial charge < -0.3 is 15.0 Å². The van der Waals surface area contributed by atoms with Crippen molar-refractivity contribution in [2.75, 3.05) is 25.5 Å². The quantitative estimate of drug-likeness (QED) is 0.520. The second-order valence-corrected chi connectivity index (χ2v) is 6.57. The minimum absolute atomic E-state index is 0.205. The van der Waals surface area contributed by atoms with Crippen molar-refractivity contribution < 1.29 is 41.1 Å². The summed E-state index contributed by atoms with van der Waals surface area (Å²) in [6.07, 6.45) is -4.73. The highest BCUT2D eigenvalue weighted by Crippen LogP contribution is 2.36. The molecule has 2 aromatic carbocycles. The molecule has 2 amide bonds. The molecule has 0 atom stereocenters. The molecule has 166 valence electrons. The number of likely N-dealkylation sites (N-methyl/N-ethyl adjacent to an activating group) is 1. The van der Waals surface area contributed by atoms with Gasteiger partial charge in [-0.05, 0) is 30.3 Å². The van der Waals surface area contributed by atoms with Crippen molar-refractivity contribution >= 4 is 35.1 Å². The van der Waals surface area contributed by atoms with Gasteiger partial charge in [0.15, 0.2) is 6.61 Å². The lowest BCUT2D eigenvalue weighted by atomic mass is 10.2. The van der Waals surface area contributed by atoms with Crippen LogP contribution in [0.25, 0.3) is 0 Å². The van der Waals surface area contributed by atoms with E-state index in [1.807, 2.05) is 0 Å². The van der Waals surface area contributed by atoms with Gasteiger partial charge in [0.05, 0.1) is 17.1 Å². The lowest BCUT2D eigenvalue weighted by molar-refractivity contribution is -0.137. The fraction of sp³-hybridized carbons (Fsp3) is 0.211. The second-order valence-electron chi connectivity index (χ2n) is 6.16. The highest BCUT2D eigenvalue weighted by molar-refractivity contribution is 6.31. The van der Waals surface area contributed by atoms with E-state index in [-0.39, 0.29) is 5.69 Å². The number of hydrogen-bond acceptors (Lipinski definition) is 4. The number of nitrogens with one attached hydrogen (secondary N) is 1. The Morgan fingerprint density at radius 2 is 1.71 bits per heavy atom. The number of amides is 2. The van der Waals surface area contributed by atoms with Crippen LogP contribution in [0.2, 0.25) is 5.02 Å². The Labute approximate surface area is 177 Å². The first kappa shape index (κ1) is 24.1. The van der Waals surface area contributed by atoms with Crippen LogP contribution in [0.3, 0.4) is 0 Å². The zero-order chi connectivity index (χ0) is 23.3. The summed E-state index contributed by atoms with van der Waals surface area (Å²) in [6, 6.07) is 5.43. The first-order valence-electron chi connectivity index (χ1n) is 8.42. The molecule has 0 aliphatic rings. The number of rotatable bonds is 6. The summed E-state index contributed by atoms with van der Waals surface area (Å²) >= 11 is 5.49. The number of nitrogens with zero attached hydrogens (tertiary/aromatic N) is 1. The molecule has 0 heterocycles. The maximum absolute atomic E-state index is 13.5. The molecule has 0 spiro atoms. The summed E-state index contributed by atoms with van der Waals surface area (Å²) in [5, 5.41) is 1.62. The first-order valence-corrected chi connectivity index (χ1v) is 8.79. The molecule has 0 aliphatic heterocycles. The highest BCUT2D eigenvalue weighted by atomic mass is 35.5. The van der Waals surface area contributed by atoms with Crippen LogP contribution in [0.1, 0.15) is 15.9 Å². The molecular weight excluding hydrogens is 451 g/mol. The number of benzene rings is 2. The fourth-order valence-electron chi connectivity index (χ4n) is 2.33. The maximum atomic E-state index is 13.5. The van der Waals surface area contributed by atoms with E-state index in [2.05, 4.69) is 10.1 Å². The number of anilines is 1. The number of carbonyl (C=O) groups excluding carboxylic acids is 3. The Morgan fingerprint density at radius 3 is 2.29 bits per heavy atom. The van der Waals surface area contributed by atoms with E-state index in [9.17, 15) is 36.3 Å². The number of hydrogen-bond donors (Lipinski definition) is 1. The molecule has 0 fully saturated rings. The minimum Gasteiger partial charge on any atom is -0.452 e. The number of carbonyl (C=O) groups is 3. The van der Waals surface area contributed by atoms with Crippen molar-refractivity contribution in [3.63, 3.8) is 0 Å². The molecule has 0 unspecified atom stereocenters. The van der Waals surface area contributed by atoms with Crippen LogP contribution in [0.4, 0.5) is 27.6 Å². The van der Waals surface area contributed by atoms with E-state index in [4.69, 9.17) is 11.6 Å². The van der Waals surface area contributed by atoms with E-state index >= 15 is 0 Å². The predicted molar refractivity (Wildman–Crippen MR) is 99.4 cm³/mol. The number of alkyl halides is 3. The van der Waals surface area contributed by atoms with Gasteiger partial charge in [-0.3, -0.25) is 9.59 Å². The molecule has 1 N–H and O–H groups in total. The van der Waals surface area contributed by atoms with Gasteiger partial charge in [-0.15, -0.1) is 0 Å². The van der Waals surface area contributed by atoms with Crippen molar-refractivity contribution in [3.05, 3.63) is 64.2 Å². The van der Waals surface area contributed by atoms with Gasteiger partial charge in [0.1, 0.15) is 17.2 Å². The van der Waals surface area contributed by atoms with E-state index in [0.717, 1.165) is 42.3 Å².